The maximum absolute atomic E-state index is 15.8. The number of phenolic OH excluding ortho intramolecular Hbond substituents is 5. The predicted octanol–water partition coefficient (Wildman–Crippen LogP) is 9.20. The van der Waals surface area contributed by atoms with Crippen LogP contribution < -0.4 is 31.3 Å². The number of nitrogens with zero attached hydrogens (tertiary/aromatic N) is 1. The first kappa shape index (κ1) is 62.6. The van der Waals surface area contributed by atoms with Crippen LogP contribution in [0.1, 0.15) is 67.9 Å². The smallest absolute Gasteiger partial charge is 0.330 e. The van der Waals surface area contributed by atoms with Gasteiger partial charge in [-0.25, -0.2) is 4.79 Å². The van der Waals surface area contributed by atoms with Crippen LogP contribution in [0.4, 0.5) is 0 Å². The predicted molar refractivity (Wildman–Crippen MR) is 326 cm³/mol. The first-order chi connectivity index (χ1) is 42.3. The Hall–Kier alpha value is -9.42. The number of carbonyl (C=O) groups is 8. The van der Waals surface area contributed by atoms with Crippen molar-refractivity contribution in [3.05, 3.63) is 191 Å². The van der Waals surface area contributed by atoms with E-state index in [2.05, 4.69) is 31.6 Å². The van der Waals surface area contributed by atoms with Crippen LogP contribution in [0.5, 0.6) is 40.2 Å². The van der Waals surface area contributed by atoms with Crippen molar-refractivity contribution in [1.29, 1.82) is 0 Å². The average molecular weight is 1330 g/mol. The van der Waals surface area contributed by atoms with Crippen LogP contribution in [0.15, 0.2) is 121 Å². The van der Waals surface area contributed by atoms with Gasteiger partial charge in [-0.05, 0) is 106 Å². The number of ether oxygens (including phenoxy) is 1. The van der Waals surface area contributed by atoms with Crippen molar-refractivity contribution >= 4 is 128 Å². The molecule has 12 N–H and O–H groups in total. The number of amides is 6. The number of nitrogens with one attached hydrogen (secondary N) is 6. The number of carbonyl (C=O) groups excluding carboxylic acids is 7. The summed E-state index contributed by atoms with van der Waals surface area (Å²) in [6.07, 6.45) is 0.734. The fraction of sp³-hybridized carbons (Fsp3) is 0.148. The summed E-state index contributed by atoms with van der Waals surface area (Å²) in [6, 6.07) is 13.3. The molecule has 89 heavy (non-hydrogen) atoms. The number of carboxylic acids is 1. The van der Waals surface area contributed by atoms with Crippen molar-refractivity contribution < 1.29 is 73.7 Å². The Labute approximate surface area is 532 Å². The van der Waals surface area contributed by atoms with Crippen LogP contribution in [-0.4, -0.2) is 107 Å². The van der Waals surface area contributed by atoms with E-state index < -0.39 is 133 Å². The quantitative estimate of drug-likeness (QED) is 0.0473. The van der Waals surface area contributed by atoms with Crippen LogP contribution in [0.2, 0.25) is 30.1 Å². The minimum Gasteiger partial charge on any atom is -0.508 e. The Bertz CT molecular complexity index is 4210. The van der Waals surface area contributed by atoms with Crippen LogP contribution in [0, 0.1) is 0 Å². The maximum atomic E-state index is 15.8. The van der Waals surface area contributed by atoms with Crippen molar-refractivity contribution in [1.82, 2.24) is 36.5 Å². The van der Waals surface area contributed by atoms with E-state index in [1.165, 1.54) is 73.9 Å². The van der Waals surface area contributed by atoms with Crippen LogP contribution in [-0.2, 0) is 46.4 Å². The number of H-pyrrole nitrogens is 1. The highest BCUT2D eigenvalue weighted by Crippen LogP contribution is 2.46. The number of hydrogen-bond donors (Lipinski definition) is 12. The number of aliphatic carboxylic acids is 1. The highest BCUT2D eigenvalue weighted by Gasteiger charge is 2.40. The summed E-state index contributed by atoms with van der Waals surface area (Å²) < 4.78 is 6.40. The Balaban J connectivity index is 1.16. The monoisotopic (exact) mass is 1330 g/mol. The molecule has 456 valence electrons. The van der Waals surface area contributed by atoms with Crippen molar-refractivity contribution in [2.24, 2.45) is 0 Å². The number of fused-ring (bicyclic) bond motifs is 10. The van der Waals surface area contributed by atoms with Gasteiger partial charge in [0.25, 0.3) is 5.91 Å². The molecule has 4 heterocycles. The van der Waals surface area contributed by atoms with Gasteiger partial charge >= 0.3 is 5.97 Å². The molecule has 7 aromatic carbocycles. The summed E-state index contributed by atoms with van der Waals surface area (Å²) >= 11 is 38.1. The zero-order valence-corrected chi connectivity index (χ0v) is 50.0. The number of aromatic nitrogens is 1. The number of benzene rings is 7. The Morgan fingerprint density at radius 1 is 0.607 bits per heavy atom. The fourth-order valence-corrected chi connectivity index (χ4v) is 11.7. The molecule has 1 aromatic heterocycles. The van der Waals surface area contributed by atoms with Crippen molar-refractivity contribution in [2.45, 2.75) is 49.1 Å². The van der Waals surface area contributed by atoms with Crippen molar-refractivity contribution in [3.63, 3.8) is 0 Å². The number of phenols is 5. The van der Waals surface area contributed by atoms with Gasteiger partial charge in [-0.1, -0.05) is 112 Å². The van der Waals surface area contributed by atoms with Gasteiger partial charge in [0.15, 0.2) is 34.8 Å². The second kappa shape index (κ2) is 25.4. The number of Topliss-reactive ketones (excluding diaryl/α,β-unsaturated/α-hetero) is 1. The molecule has 0 fully saturated rings. The fourth-order valence-electron chi connectivity index (χ4n) is 10.3. The number of aromatic hydroxyl groups is 5. The maximum Gasteiger partial charge on any atom is 0.330 e. The molecule has 2 unspecified atom stereocenters. The third-order valence-corrected chi connectivity index (χ3v) is 16.6. The number of hydrogen-bond acceptors (Lipinski definition) is 14. The molecule has 0 saturated heterocycles. The summed E-state index contributed by atoms with van der Waals surface area (Å²) in [5.74, 6) is -12.8. The average Bonchev–Trinajstić information content (AvgIpc) is 1.86. The first-order valence-electron chi connectivity index (χ1n) is 26.4. The molecule has 9 bridgehead atoms. The number of halogens is 6. The lowest BCUT2D eigenvalue weighted by Gasteiger charge is -2.33. The van der Waals surface area contributed by atoms with E-state index in [1.807, 2.05) is 0 Å². The molecule has 6 amide bonds. The topological polar surface area (TPSA) is 346 Å². The summed E-state index contributed by atoms with van der Waals surface area (Å²) in [5.41, 5.74) is 0.227. The molecule has 28 heteroatoms. The zero-order valence-electron chi connectivity index (χ0n) is 45.5. The van der Waals surface area contributed by atoms with Gasteiger partial charge in [0.05, 0.1) is 35.7 Å². The molecule has 3 aliphatic rings. The molecule has 8 aromatic rings. The van der Waals surface area contributed by atoms with Gasteiger partial charge in [0, 0.05) is 48.2 Å². The van der Waals surface area contributed by atoms with E-state index in [9.17, 15) is 49.8 Å². The molecule has 0 saturated carbocycles. The van der Waals surface area contributed by atoms with E-state index >= 15 is 19.2 Å². The summed E-state index contributed by atoms with van der Waals surface area (Å²) in [6.45, 7) is 0. The molecule has 0 spiro atoms. The Kier molecular flexibility index (Phi) is 17.8. The first-order valence-corrected chi connectivity index (χ1v) is 28.7. The van der Waals surface area contributed by atoms with Crippen LogP contribution in [0.3, 0.4) is 0 Å². The van der Waals surface area contributed by atoms with E-state index in [4.69, 9.17) is 74.3 Å². The minimum absolute atomic E-state index is 0.0362. The molecule has 0 radical (unpaired) electrons. The molecular weight excluding hydrogens is 1280 g/mol. The Morgan fingerprint density at radius 3 is 1.71 bits per heavy atom. The van der Waals surface area contributed by atoms with Gasteiger partial charge < -0.3 is 71.8 Å². The van der Waals surface area contributed by atoms with Crippen molar-refractivity contribution in [2.75, 3.05) is 7.05 Å². The number of likely N-dealkylation sites (N-methyl/N-ethyl adjacent to an activating group) is 1. The van der Waals surface area contributed by atoms with Gasteiger partial charge in [0.1, 0.15) is 41.7 Å². The SMILES string of the molecule is CN1C(=O)[C@@H](c2cc(Cl)c(O)c(Cl)c2)NC(=O)C2NC(=O)[C@H](c3cc(Cl)c(O)c(Cl)c3)NC(=O)[C@@H](NC(=O)C(=O)c3cc(Cl)c(O)c(Cl)c3)Cc3c[nH]c4c(cccc34)-c3cc2cc(c3O)Oc2ccc(cc2)CC1C(=O)N[C@@H](C(=O)O)c1ccc(O)cc1. The normalized spacial score (nSPS) is 18.2. The summed E-state index contributed by atoms with van der Waals surface area (Å²) in [7, 11) is 1.19. The summed E-state index contributed by atoms with van der Waals surface area (Å²) in [5, 5.41) is 75.1. The van der Waals surface area contributed by atoms with Gasteiger partial charge in [-0.2, -0.15) is 0 Å². The van der Waals surface area contributed by atoms with Crippen LogP contribution in [0.25, 0.3) is 22.0 Å². The molecule has 11 rings (SSSR count). The zero-order chi connectivity index (χ0) is 64.0. The molecule has 6 atom stereocenters. The van der Waals surface area contributed by atoms with E-state index in [0.717, 1.165) is 41.3 Å². The van der Waals surface area contributed by atoms with Gasteiger partial charge in [0.2, 0.25) is 35.3 Å². The minimum atomic E-state index is -2.08. The number of para-hydroxylation sites is 1. The van der Waals surface area contributed by atoms with Gasteiger partial charge in [-0.3, -0.25) is 33.6 Å². The highest BCUT2D eigenvalue weighted by molar-refractivity contribution is 6.45. The van der Waals surface area contributed by atoms with E-state index in [1.54, 1.807) is 18.2 Å². The lowest BCUT2D eigenvalue weighted by atomic mass is 9.94. The largest absolute Gasteiger partial charge is 0.508 e. The lowest BCUT2D eigenvalue weighted by molar-refractivity contribution is -0.145. The van der Waals surface area contributed by atoms with Crippen molar-refractivity contribution in [3.8, 4) is 51.4 Å². The molecule has 3 aliphatic heterocycles. The second-order valence-corrected chi connectivity index (χ2v) is 23.0. The van der Waals surface area contributed by atoms with Gasteiger partial charge in [-0.15, -0.1) is 0 Å². The third kappa shape index (κ3) is 12.8. The number of aromatic amines is 1. The molecule has 0 aliphatic carbocycles. The number of ketones is 1. The molecular formula is C61H45Cl6N7O15. The highest BCUT2D eigenvalue weighted by atomic mass is 35.5. The second-order valence-electron chi connectivity index (χ2n) is 20.6. The standard InChI is InChI=1S/C61H45Cl6N7O15/c1-74-43(56(82)73-48(61(87)88)25-7-9-31(75)10-8-25)13-24-5-11-32(12-6-24)89-44-22-26-14-35(51(44)77)34-4-2-3-33-30(23-68-49(33)34)21-42(69-59(85)50(76)29-19-40(66)54(80)41(67)20-29)55(81)70-46(27-15-36(62)52(78)37(63)16-27)57(83)71-45(26)58(84)72-47(60(74)86)28-17-38(64)53(79)39(65)18-28/h2-12,14-20,22-23,42-43,45-48,68,75,77-80H,13,21H2,1H3,(H,69,85)(H,70,81)(H,71,83)(H,72,84)(H,73,82)(H,87,88)/t42-,43?,45?,46-,47+,48+/m0/s1. The lowest BCUT2D eigenvalue weighted by Crippen LogP contribution is -2.54. The number of rotatable bonds is 9. The number of carboxylic acid groups (broad SMARTS) is 1. The third-order valence-electron chi connectivity index (χ3n) is 14.9. The van der Waals surface area contributed by atoms with E-state index in [-0.39, 0.29) is 72.7 Å². The van der Waals surface area contributed by atoms with E-state index in [0.29, 0.717) is 22.0 Å². The summed E-state index contributed by atoms with van der Waals surface area (Å²) in [4.78, 5) is 121. The molecule has 22 nitrogen and oxygen atoms in total. The van der Waals surface area contributed by atoms with Crippen LogP contribution >= 0.6 is 69.6 Å². The Morgan fingerprint density at radius 2 is 1.13 bits per heavy atom.